The lowest BCUT2D eigenvalue weighted by molar-refractivity contribution is -0.121. The Morgan fingerprint density at radius 3 is 1.55 bits per heavy atom. The fourth-order valence-electron chi connectivity index (χ4n) is 2.82. The zero-order valence-electron chi connectivity index (χ0n) is 17.9. The Hall–Kier alpha value is -2.72. The number of phenols is 2. The van der Waals surface area contributed by atoms with Gasteiger partial charge in [0, 0.05) is 32.9 Å². The summed E-state index contributed by atoms with van der Waals surface area (Å²) in [5, 5.41) is 27.2. The van der Waals surface area contributed by atoms with Gasteiger partial charge in [0.25, 0.3) is 0 Å². The van der Waals surface area contributed by atoms with E-state index in [1.807, 2.05) is 0 Å². The highest BCUT2D eigenvalue weighted by molar-refractivity contribution is 9.10. The highest BCUT2D eigenvalue weighted by Crippen LogP contribution is 2.20. The summed E-state index contributed by atoms with van der Waals surface area (Å²) in [6, 6.07) is 9.90. The van der Waals surface area contributed by atoms with Crippen LogP contribution in [0.1, 0.15) is 56.1 Å². The van der Waals surface area contributed by atoms with Crippen molar-refractivity contribution in [2.45, 2.75) is 44.9 Å². The van der Waals surface area contributed by atoms with Crippen LogP contribution in [-0.2, 0) is 9.59 Å². The van der Waals surface area contributed by atoms with Gasteiger partial charge < -0.3 is 10.2 Å². The second kappa shape index (κ2) is 14.4. The van der Waals surface area contributed by atoms with Gasteiger partial charge in [0.1, 0.15) is 11.5 Å². The number of rotatable bonds is 12. The van der Waals surface area contributed by atoms with Gasteiger partial charge in [-0.25, -0.2) is 10.9 Å². The quantitative estimate of drug-likeness (QED) is 0.161. The molecule has 0 radical (unpaired) electrons. The molecule has 33 heavy (non-hydrogen) atoms. The van der Waals surface area contributed by atoms with Gasteiger partial charge in [-0.15, -0.1) is 0 Å². The molecule has 8 nitrogen and oxygen atoms in total. The number of hydrogen-bond donors (Lipinski definition) is 4. The first-order chi connectivity index (χ1) is 15.8. The minimum atomic E-state index is -0.186. The van der Waals surface area contributed by atoms with Crippen LogP contribution in [0.5, 0.6) is 11.5 Å². The normalized spacial score (nSPS) is 11.2. The van der Waals surface area contributed by atoms with E-state index >= 15 is 0 Å². The topological polar surface area (TPSA) is 123 Å². The third-order valence-electron chi connectivity index (χ3n) is 4.57. The van der Waals surface area contributed by atoms with Gasteiger partial charge >= 0.3 is 0 Å². The molecule has 0 atom stereocenters. The smallest absolute Gasteiger partial charge is 0.240 e. The zero-order chi connectivity index (χ0) is 24.1. The van der Waals surface area contributed by atoms with Crippen molar-refractivity contribution in [3.63, 3.8) is 0 Å². The van der Waals surface area contributed by atoms with Crippen LogP contribution in [0.25, 0.3) is 0 Å². The first-order valence-corrected chi connectivity index (χ1v) is 12.0. The van der Waals surface area contributed by atoms with Crippen molar-refractivity contribution >= 4 is 56.1 Å². The van der Waals surface area contributed by atoms with Crippen molar-refractivity contribution in [3.05, 3.63) is 56.5 Å². The predicted molar refractivity (Wildman–Crippen MR) is 135 cm³/mol. The molecule has 0 aliphatic rings. The molecule has 2 amide bonds. The Morgan fingerprint density at radius 1 is 0.727 bits per heavy atom. The fourth-order valence-corrected chi connectivity index (χ4v) is 3.58. The summed E-state index contributed by atoms with van der Waals surface area (Å²) < 4.78 is 1.61. The third-order valence-corrected chi connectivity index (χ3v) is 5.56. The molecule has 0 aromatic heterocycles. The summed E-state index contributed by atoms with van der Waals surface area (Å²) in [5.41, 5.74) is 5.91. The molecule has 2 aromatic rings. The van der Waals surface area contributed by atoms with Crippen LogP contribution in [0, 0.1) is 0 Å². The number of hydrogen-bond acceptors (Lipinski definition) is 6. The van der Waals surface area contributed by atoms with Crippen LogP contribution in [0.4, 0.5) is 0 Å². The lowest BCUT2D eigenvalue weighted by atomic mass is 10.1. The molecule has 0 spiro atoms. The molecule has 0 saturated heterocycles. The molecule has 0 aliphatic heterocycles. The number of halogens is 2. The molecule has 0 heterocycles. The number of hydrazone groups is 2. The Balaban J connectivity index is 1.52. The largest absolute Gasteiger partial charge is 0.507 e. The summed E-state index contributed by atoms with van der Waals surface area (Å²) in [6.45, 7) is 0. The van der Waals surface area contributed by atoms with E-state index in [0.29, 0.717) is 24.0 Å². The average Bonchev–Trinajstić information content (AvgIpc) is 2.77. The number of nitrogens with one attached hydrogen (secondary N) is 2. The molecule has 2 aromatic carbocycles. The monoisotopic (exact) mass is 580 g/mol. The standard InChI is InChI=1S/C23H26Br2N4O4/c24-18-8-10-20(30)16(12-18)14-26-28-22(32)6-4-2-1-3-5-7-23(33)29-27-15-17-13-19(25)9-11-21(17)31/h8-15,30-31H,1-7H2,(H,28,32)(H,29,33)/b26-14+,27-15+. The van der Waals surface area contributed by atoms with Crippen LogP contribution < -0.4 is 10.9 Å². The third kappa shape index (κ3) is 10.6. The summed E-state index contributed by atoms with van der Waals surface area (Å²) in [6.07, 6.45) is 7.66. The Kier molecular flexibility index (Phi) is 11.6. The molecule has 4 N–H and O–H groups in total. The zero-order valence-corrected chi connectivity index (χ0v) is 21.1. The van der Waals surface area contributed by atoms with Crippen LogP contribution in [0.2, 0.25) is 0 Å². The van der Waals surface area contributed by atoms with Gasteiger partial charge in [-0.1, -0.05) is 51.1 Å². The van der Waals surface area contributed by atoms with Gasteiger partial charge in [0.15, 0.2) is 0 Å². The number of benzene rings is 2. The van der Waals surface area contributed by atoms with Crippen molar-refractivity contribution in [2.24, 2.45) is 10.2 Å². The van der Waals surface area contributed by atoms with E-state index in [1.165, 1.54) is 12.4 Å². The van der Waals surface area contributed by atoms with E-state index < -0.39 is 0 Å². The second-order valence-corrected chi connectivity index (χ2v) is 9.09. The SMILES string of the molecule is O=C(CCCCCCCC(=O)N/N=C/c1cc(Br)ccc1O)N/N=C/c1cc(Br)ccc1O. The van der Waals surface area contributed by atoms with Gasteiger partial charge in [-0.05, 0) is 49.2 Å². The van der Waals surface area contributed by atoms with Gasteiger partial charge in [0.05, 0.1) is 12.4 Å². The van der Waals surface area contributed by atoms with Crippen LogP contribution in [-0.4, -0.2) is 34.5 Å². The Labute approximate surface area is 209 Å². The van der Waals surface area contributed by atoms with Crippen LogP contribution >= 0.6 is 31.9 Å². The van der Waals surface area contributed by atoms with E-state index in [4.69, 9.17) is 0 Å². The molecule has 2 rings (SSSR count). The minimum absolute atomic E-state index is 0.0837. The van der Waals surface area contributed by atoms with Crippen LogP contribution in [0.3, 0.4) is 0 Å². The van der Waals surface area contributed by atoms with Crippen molar-refractivity contribution < 1.29 is 19.8 Å². The first kappa shape index (κ1) is 26.5. The molecule has 176 valence electrons. The summed E-state index contributed by atoms with van der Waals surface area (Å²) >= 11 is 6.62. The predicted octanol–water partition coefficient (Wildman–Crippen LogP) is 4.95. The lowest BCUT2D eigenvalue weighted by Crippen LogP contribution is -2.17. The van der Waals surface area contributed by atoms with Gasteiger partial charge in [-0.3, -0.25) is 9.59 Å². The van der Waals surface area contributed by atoms with Crippen molar-refractivity contribution in [1.82, 2.24) is 10.9 Å². The Bertz CT molecular complexity index is 932. The molecule has 0 fully saturated rings. The number of carbonyl (C=O) groups excluding carboxylic acids is 2. The molecule has 0 aliphatic carbocycles. The van der Waals surface area contributed by atoms with Gasteiger partial charge in [0.2, 0.25) is 11.8 Å². The van der Waals surface area contributed by atoms with E-state index in [-0.39, 0.29) is 23.3 Å². The van der Waals surface area contributed by atoms with Crippen molar-refractivity contribution in [1.29, 1.82) is 0 Å². The fraction of sp³-hybridized carbons (Fsp3) is 0.304. The number of unbranched alkanes of at least 4 members (excludes halogenated alkanes) is 4. The van der Waals surface area contributed by atoms with E-state index in [9.17, 15) is 19.8 Å². The minimum Gasteiger partial charge on any atom is -0.507 e. The van der Waals surface area contributed by atoms with Crippen molar-refractivity contribution in [3.8, 4) is 11.5 Å². The highest BCUT2D eigenvalue weighted by Gasteiger charge is 2.03. The molecule has 0 unspecified atom stereocenters. The molecule has 0 saturated carbocycles. The maximum Gasteiger partial charge on any atom is 0.240 e. The van der Waals surface area contributed by atoms with E-state index in [0.717, 1.165) is 41.0 Å². The summed E-state index contributed by atoms with van der Waals surface area (Å²) in [7, 11) is 0. The molecular formula is C23H26Br2N4O4. The number of amides is 2. The molecular weight excluding hydrogens is 556 g/mol. The lowest BCUT2D eigenvalue weighted by Gasteiger charge is -2.03. The van der Waals surface area contributed by atoms with Gasteiger partial charge in [-0.2, -0.15) is 10.2 Å². The molecule has 0 bridgehead atoms. The molecule has 10 heteroatoms. The number of aromatic hydroxyl groups is 2. The first-order valence-electron chi connectivity index (χ1n) is 10.5. The summed E-state index contributed by atoms with van der Waals surface area (Å²) in [4.78, 5) is 23.6. The maximum atomic E-state index is 11.8. The number of carbonyl (C=O) groups is 2. The Morgan fingerprint density at radius 2 is 1.12 bits per heavy atom. The average molecular weight is 582 g/mol. The van der Waals surface area contributed by atoms with E-state index in [1.54, 1.807) is 36.4 Å². The number of phenolic OH excluding ortho intramolecular Hbond substituents is 2. The van der Waals surface area contributed by atoms with E-state index in [2.05, 4.69) is 52.9 Å². The second-order valence-electron chi connectivity index (χ2n) is 7.26. The van der Waals surface area contributed by atoms with Crippen LogP contribution in [0.15, 0.2) is 55.5 Å². The highest BCUT2D eigenvalue weighted by atomic mass is 79.9. The maximum absolute atomic E-state index is 11.8. The summed E-state index contributed by atoms with van der Waals surface area (Å²) in [5.74, 6) is -0.204. The van der Waals surface area contributed by atoms with Crippen molar-refractivity contribution in [2.75, 3.05) is 0 Å². The number of nitrogens with zero attached hydrogens (tertiary/aromatic N) is 2.